The van der Waals surface area contributed by atoms with Crippen LogP contribution in [0.4, 0.5) is 0 Å². The van der Waals surface area contributed by atoms with Gasteiger partial charge in [0.05, 0.1) is 0 Å². The standard InChI is InChI=1S/C35H48O4/c1-7-34(3,4)29-22-24(14-12-18-36)20-27(32(29)38)31(26-16-10-9-11-17-26)28-21-25(15-13-19-37)23-30(33(28)39)35(5,6)8-2/h9-11,16-17,20-23,31,36-39H,7-8,12-15,18-19H2,1-6H3. The predicted octanol–water partition coefficient (Wildman–Crippen LogP) is 7.50. The molecular formula is C35H48O4. The Labute approximate surface area is 235 Å². The van der Waals surface area contributed by atoms with Crippen LogP contribution >= 0.6 is 0 Å². The van der Waals surface area contributed by atoms with E-state index >= 15 is 0 Å². The minimum Gasteiger partial charge on any atom is -0.507 e. The van der Waals surface area contributed by atoms with E-state index in [2.05, 4.69) is 77.9 Å². The van der Waals surface area contributed by atoms with Crippen LogP contribution in [-0.4, -0.2) is 33.6 Å². The van der Waals surface area contributed by atoms with E-state index in [0.29, 0.717) is 25.7 Å². The van der Waals surface area contributed by atoms with Gasteiger partial charge in [-0.25, -0.2) is 0 Å². The van der Waals surface area contributed by atoms with E-state index in [0.717, 1.165) is 51.8 Å². The Morgan fingerprint density at radius 1 is 0.641 bits per heavy atom. The van der Waals surface area contributed by atoms with Crippen molar-refractivity contribution in [1.82, 2.24) is 0 Å². The van der Waals surface area contributed by atoms with Crippen molar-refractivity contribution in [1.29, 1.82) is 0 Å². The molecule has 0 unspecified atom stereocenters. The van der Waals surface area contributed by atoms with Crippen molar-refractivity contribution < 1.29 is 20.4 Å². The van der Waals surface area contributed by atoms with Gasteiger partial charge >= 0.3 is 0 Å². The first-order chi connectivity index (χ1) is 18.5. The summed E-state index contributed by atoms with van der Waals surface area (Å²) >= 11 is 0. The van der Waals surface area contributed by atoms with E-state index in [1.807, 2.05) is 18.2 Å². The molecule has 3 rings (SSSR count). The van der Waals surface area contributed by atoms with Crippen molar-refractivity contribution in [2.45, 2.75) is 96.8 Å². The van der Waals surface area contributed by atoms with Gasteiger partial charge in [0, 0.05) is 41.4 Å². The van der Waals surface area contributed by atoms with E-state index in [1.165, 1.54) is 0 Å². The lowest BCUT2D eigenvalue weighted by molar-refractivity contribution is 0.288. The molecule has 0 heterocycles. The summed E-state index contributed by atoms with van der Waals surface area (Å²) in [5.41, 5.74) is 5.93. The van der Waals surface area contributed by atoms with Crippen LogP contribution < -0.4 is 0 Å². The number of phenols is 2. The molecule has 0 aliphatic heterocycles. The van der Waals surface area contributed by atoms with Crippen LogP contribution in [0.5, 0.6) is 11.5 Å². The first kappa shape index (κ1) is 30.7. The normalized spacial score (nSPS) is 12.3. The van der Waals surface area contributed by atoms with Crippen molar-refractivity contribution >= 4 is 0 Å². The van der Waals surface area contributed by atoms with Crippen LogP contribution in [0.15, 0.2) is 54.6 Å². The smallest absolute Gasteiger partial charge is 0.123 e. The Morgan fingerprint density at radius 3 is 1.41 bits per heavy atom. The third kappa shape index (κ3) is 6.85. The molecule has 0 radical (unpaired) electrons. The highest BCUT2D eigenvalue weighted by atomic mass is 16.3. The number of aliphatic hydroxyl groups excluding tert-OH is 2. The lowest BCUT2D eigenvalue weighted by Crippen LogP contribution is -2.19. The second-order valence-corrected chi connectivity index (χ2v) is 12.1. The van der Waals surface area contributed by atoms with E-state index in [1.54, 1.807) is 0 Å². The summed E-state index contributed by atoms with van der Waals surface area (Å²) in [6.07, 6.45) is 4.40. The first-order valence-electron chi connectivity index (χ1n) is 14.5. The zero-order valence-electron chi connectivity index (χ0n) is 24.7. The van der Waals surface area contributed by atoms with Crippen molar-refractivity contribution in [3.8, 4) is 11.5 Å². The van der Waals surface area contributed by atoms with Crippen molar-refractivity contribution in [3.63, 3.8) is 0 Å². The highest BCUT2D eigenvalue weighted by Crippen LogP contribution is 2.48. The Balaban J connectivity index is 2.42. The maximum absolute atomic E-state index is 11.9. The molecule has 0 atom stereocenters. The van der Waals surface area contributed by atoms with Crippen molar-refractivity contribution in [3.05, 3.63) is 93.5 Å². The molecule has 212 valence electrons. The van der Waals surface area contributed by atoms with E-state index in [-0.39, 0.29) is 35.5 Å². The van der Waals surface area contributed by atoms with E-state index < -0.39 is 5.92 Å². The van der Waals surface area contributed by atoms with Crippen LogP contribution in [0.1, 0.15) is 112 Å². The molecule has 0 aliphatic carbocycles. The summed E-state index contributed by atoms with van der Waals surface area (Å²) in [7, 11) is 0. The van der Waals surface area contributed by atoms with E-state index in [4.69, 9.17) is 0 Å². The van der Waals surface area contributed by atoms with Gasteiger partial charge in [0.2, 0.25) is 0 Å². The van der Waals surface area contributed by atoms with Gasteiger partial charge in [-0.2, -0.15) is 0 Å². The molecule has 4 nitrogen and oxygen atoms in total. The second kappa shape index (κ2) is 13.0. The third-order valence-corrected chi connectivity index (χ3v) is 8.63. The zero-order chi connectivity index (χ0) is 28.8. The fraction of sp³-hybridized carbons (Fsp3) is 0.486. The highest BCUT2D eigenvalue weighted by Gasteiger charge is 2.32. The monoisotopic (exact) mass is 532 g/mol. The molecule has 0 bridgehead atoms. The van der Waals surface area contributed by atoms with Gasteiger partial charge in [0.25, 0.3) is 0 Å². The number of benzene rings is 3. The van der Waals surface area contributed by atoms with Gasteiger partial charge in [-0.15, -0.1) is 0 Å². The number of hydrogen-bond acceptors (Lipinski definition) is 4. The Kier molecular flexibility index (Phi) is 10.3. The number of aliphatic hydroxyl groups is 2. The molecule has 0 aliphatic rings. The third-order valence-electron chi connectivity index (χ3n) is 8.63. The molecular weight excluding hydrogens is 484 g/mol. The average Bonchev–Trinajstić information content (AvgIpc) is 2.93. The topological polar surface area (TPSA) is 80.9 Å². The van der Waals surface area contributed by atoms with Crippen LogP contribution in [0, 0.1) is 0 Å². The summed E-state index contributed by atoms with van der Waals surface area (Å²) in [6, 6.07) is 18.4. The second-order valence-electron chi connectivity index (χ2n) is 12.1. The number of rotatable bonds is 13. The fourth-order valence-electron chi connectivity index (χ4n) is 5.32. The highest BCUT2D eigenvalue weighted by molar-refractivity contribution is 5.60. The number of aromatic hydroxyl groups is 2. The summed E-state index contributed by atoms with van der Waals surface area (Å²) in [5.74, 6) is 0.131. The van der Waals surface area contributed by atoms with Gasteiger partial charge in [-0.1, -0.05) is 96.1 Å². The largest absolute Gasteiger partial charge is 0.507 e. The molecule has 0 spiro atoms. The zero-order valence-corrected chi connectivity index (χ0v) is 24.7. The van der Waals surface area contributed by atoms with Gasteiger partial charge < -0.3 is 20.4 Å². The van der Waals surface area contributed by atoms with Crippen LogP contribution in [-0.2, 0) is 23.7 Å². The predicted molar refractivity (Wildman–Crippen MR) is 161 cm³/mol. The number of phenolic OH excluding ortho intramolecular Hbond substituents is 2. The molecule has 0 saturated heterocycles. The average molecular weight is 533 g/mol. The lowest BCUT2D eigenvalue weighted by Gasteiger charge is -2.31. The van der Waals surface area contributed by atoms with Gasteiger partial charge in [0.15, 0.2) is 0 Å². The minimum absolute atomic E-state index is 0.105. The molecule has 39 heavy (non-hydrogen) atoms. The Bertz CT molecular complexity index is 1150. The summed E-state index contributed by atoms with van der Waals surface area (Å²) in [4.78, 5) is 0. The first-order valence-corrected chi connectivity index (χ1v) is 14.5. The maximum atomic E-state index is 11.9. The lowest BCUT2D eigenvalue weighted by atomic mass is 9.74. The summed E-state index contributed by atoms with van der Waals surface area (Å²) in [6.45, 7) is 13.1. The number of aryl methyl sites for hydroxylation is 2. The van der Waals surface area contributed by atoms with Crippen molar-refractivity contribution in [2.75, 3.05) is 13.2 Å². The fourth-order valence-corrected chi connectivity index (χ4v) is 5.32. The Hall–Kier alpha value is -2.82. The Morgan fingerprint density at radius 2 is 1.05 bits per heavy atom. The van der Waals surface area contributed by atoms with E-state index in [9.17, 15) is 20.4 Å². The summed E-state index contributed by atoms with van der Waals surface area (Å²) < 4.78 is 0. The molecule has 0 fully saturated rings. The van der Waals surface area contributed by atoms with Crippen LogP contribution in [0.3, 0.4) is 0 Å². The molecule has 3 aromatic carbocycles. The quantitative estimate of drug-likeness (QED) is 0.172. The van der Waals surface area contributed by atoms with Crippen LogP contribution in [0.2, 0.25) is 0 Å². The minimum atomic E-state index is -0.396. The molecule has 0 saturated carbocycles. The van der Waals surface area contributed by atoms with Crippen molar-refractivity contribution in [2.24, 2.45) is 0 Å². The molecule has 4 heteroatoms. The molecule has 0 aromatic heterocycles. The van der Waals surface area contributed by atoms with Crippen LogP contribution in [0.25, 0.3) is 0 Å². The maximum Gasteiger partial charge on any atom is 0.123 e. The van der Waals surface area contributed by atoms with Gasteiger partial charge in [-0.3, -0.25) is 0 Å². The van der Waals surface area contributed by atoms with Gasteiger partial charge in [-0.05, 0) is 66.0 Å². The summed E-state index contributed by atoms with van der Waals surface area (Å²) in [5, 5.41) is 42.9. The SMILES string of the molecule is CCC(C)(C)c1cc(CCCO)cc(C(c2ccccc2)c2cc(CCCO)cc(C(C)(C)CC)c2O)c1O. The molecule has 4 N–H and O–H groups in total. The molecule has 3 aromatic rings. The molecule has 0 amide bonds. The van der Waals surface area contributed by atoms with Gasteiger partial charge in [0.1, 0.15) is 11.5 Å². The number of hydrogen-bond donors (Lipinski definition) is 4.